The van der Waals surface area contributed by atoms with Gasteiger partial charge in [-0.15, -0.1) is 11.3 Å². The smallest absolute Gasteiger partial charge is 0.341 e. The minimum atomic E-state index is -0.253. The van der Waals surface area contributed by atoms with E-state index < -0.39 is 0 Å². The Morgan fingerprint density at radius 1 is 1.39 bits per heavy atom. The fourth-order valence-electron chi connectivity index (χ4n) is 3.30. The summed E-state index contributed by atoms with van der Waals surface area (Å²) in [6.45, 7) is 3.74. The summed E-state index contributed by atoms with van der Waals surface area (Å²) in [5.41, 5.74) is 1.82. The Labute approximate surface area is 183 Å². The summed E-state index contributed by atoms with van der Waals surface area (Å²) >= 11 is 10.5. The largest absolute Gasteiger partial charge is 0.462 e. The van der Waals surface area contributed by atoms with Crippen molar-refractivity contribution >= 4 is 55.6 Å². The molecule has 0 fully saturated rings. The summed E-state index contributed by atoms with van der Waals surface area (Å²) in [6.07, 6.45) is 10.1. The van der Waals surface area contributed by atoms with Crippen molar-refractivity contribution in [3.63, 3.8) is 0 Å². The predicted octanol–water partition coefficient (Wildman–Crippen LogP) is 4.53. The van der Waals surface area contributed by atoms with Gasteiger partial charge in [0.2, 0.25) is 0 Å². The lowest BCUT2D eigenvalue weighted by Gasteiger charge is -2.11. The molecule has 0 aromatic carbocycles. The first-order chi connectivity index (χ1) is 13.6. The maximum atomic E-state index is 12.6. The first-order valence-corrected chi connectivity index (χ1v) is 11.6. The second-order valence-corrected chi connectivity index (χ2v) is 9.07. The predicted molar refractivity (Wildman–Crippen MR) is 120 cm³/mol. The van der Waals surface area contributed by atoms with Gasteiger partial charge in [0.15, 0.2) is 5.11 Å². The minimum Gasteiger partial charge on any atom is -0.462 e. The van der Waals surface area contributed by atoms with E-state index in [0.29, 0.717) is 17.3 Å². The molecule has 2 aromatic rings. The van der Waals surface area contributed by atoms with E-state index in [1.54, 1.807) is 17.5 Å². The average molecular weight is 485 g/mol. The Hall–Kier alpha value is -1.45. The van der Waals surface area contributed by atoms with Crippen molar-refractivity contribution in [1.29, 1.82) is 0 Å². The molecular formula is C19H25BrN4O2S2. The summed E-state index contributed by atoms with van der Waals surface area (Å²) in [6, 6.07) is 0. The second-order valence-electron chi connectivity index (χ2n) is 6.65. The number of hydrogen-bond donors (Lipinski definition) is 2. The van der Waals surface area contributed by atoms with Gasteiger partial charge in [-0.2, -0.15) is 5.10 Å². The van der Waals surface area contributed by atoms with Gasteiger partial charge < -0.3 is 15.4 Å². The molecule has 0 atom stereocenters. The molecule has 0 amide bonds. The number of nitrogens with zero attached hydrogens (tertiary/aromatic N) is 2. The van der Waals surface area contributed by atoms with Crippen molar-refractivity contribution in [2.75, 3.05) is 18.5 Å². The number of nitrogens with one attached hydrogen (secondary N) is 2. The van der Waals surface area contributed by atoms with Crippen LogP contribution >= 0.6 is 39.5 Å². The highest BCUT2D eigenvalue weighted by Gasteiger charge is 2.26. The van der Waals surface area contributed by atoms with Gasteiger partial charge in [0, 0.05) is 24.2 Å². The molecular weight excluding hydrogens is 460 g/mol. The van der Waals surface area contributed by atoms with Crippen LogP contribution in [0.5, 0.6) is 0 Å². The Bertz CT molecular complexity index is 834. The number of aromatic nitrogens is 2. The minimum absolute atomic E-state index is 0.253. The van der Waals surface area contributed by atoms with Gasteiger partial charge in [-0.1, -0.05) is 6.42 Å². The first kappa shape index (κ1) is 21.3. The molecule has 6 nitrogen and oxygen atoms in total. The van der Waals surface area contributed by atoms with E-state index in [4.69, 9.17) is 17.0 Å². The molecule has 0 saturated heterocycles. The zero-order valence-electron chi connectivity index (χ0n) is 15.9. The van der Waals surface area contributed by atoms with E-state index in [0.717, 1.165) is 53.8 Å². The van der Waals surface area contributed by atoms with E-state index in [1.165, 1.54) is 17.7 Å². The van der Waals surface area contributed by atoms with Crippen LogP contribution < -0.4 is 10.6 Å². The van der Waals surface area contributed by atoms with Crippen molar-refractivity contribution in [3.8, 4) is 0 Å². The molecule has 9 heteroatoms. The maximum Gasteiger partial charge on any atom is 0.341 e. The number of ether oxygens (including phenoxy) is 1. The van der Waals surface area contributed by atoms with E-state index in [9.17, 15) is 4.79 Å². The molecule has 0 saturated carbocycles. The van der Waals surface area contributed by atoms with Crippen LogP contribution in [0.4, 0.5) is 5.00 Å². The first-order valence-electron chi connectivity index (χ1n) is 9.63. The number of aryl methyl sites for hydroxylation is 2. The number of thiocarbonyl (C=S) groups is 1. The Morgan fingerprint density at radius 2 is 2.21 bits per heavy atom. The number of rotatable bonds is 7. The highest BCUT2D eigenvalue weighted by molar-refractivity contribution is 9.10. The molecule has 1 aliphatic rings. The standard InChI is InChI=1S/C19H25BrN4O2S2/c1-2-26-18(25)16-14-7-4-3-5-8-15(14)28-17(16)23-19(27)21-9-6-10-24-12-13(20)11-22-24/h11-12H,2-10H2,1H3,(H2,21,23,27). The molecule has 152 valence electrons. The van der Waals surface area contributed by atoms with Crippen LogP contribution in [0.15, 0.2) is 16.9 Å². The molecule has 3 rings (SSSR count). The number of halogens is 1. The fourth-order valence-corrected chi connectivity index (χ4v) is 5.18. The monoisotopic (exact) mass is 484 g/mol. The molecule has 2 N–H and O–H groups in total. The molecule has 1 aliphatic carbocycles. The van der Waals surface area contributed by atoms with Gasteiger partial charge in [0.25, 0.3) is 0 Å². The van der Waals surface area contributed by atoms with Gasteiger partial charge in [-0.25, -0.2) is 4.79 Å². The third-order valence-corrected chi connectivity index (χ3v) is 6.44. The fraction of sp³-hybridized carbons (Fsp3) is 0.526. The van der Waals surface area contributed by atoms with Crippen LogP contribution in [-0.2, 0) is 24.1 Å². The van der Waals surface area contributed by atoms with Gasteiger partial charge in [-0.3, -0.25) is 4.68 Å². The van der Waals surface area contributed by atoms with E-state index in [-0.39, 0.29) is 5.97 Å². The summed E-state index contributed by atoms with van der Waals surface area (Å²) in [5, 5.41) is 12.0. The van der Waals surface area contributed by atoms with Crippen molar-refractivity contribution in [2.45, 2.75) is 52.0 Å². The van der Waals surface area contributed by atoms with Gasteiger partial charge in [0.05, 0.1) is 22.8 Å². The lowest BCUT2D eigenvalue weighted by molar-refractivity contribution is 0.0527. The third-order valence-electron chi connectivity index (χ3n) is 4.58. The third kappa shape index (κ3) is 5.55. The molecule has 2 aromatic heterocycles. The quantitative estimate of drug-likeness (QED) is 0.260. The van der Waals surface area contributed by atoms with Crippen molar-refractivity contribution in [1.82, 2.24) is 15.1 Å². The van der Waals surface area contributed by atoms with Crippen molar-refractivity contribution in [2.24, 2.45) is 0 Å². The van der Waals surface area contributed by atoms with Crippen LogP contribution in [-0.4, -0.2) is 34.0 Å². The maximum absolute atomic E-state index is 12.6. The molecule has 0 radical (unpaired) electrons. The Balaban J connectivity index is 1.60. The van der Waals surface area contributed by atoms with E-state index in [1.807, 2.05) is 17.8 Å². The topological polar surface area (TPSA) is 68.2 Å². The van der Waals surface area contributed by atoms with Gasteiger partial charge >= 0.3 is 5.97 Å². The molecule has 0 bridgehead atoms. The van der Waals surface area contributed by atoms with Crippen LogP contribution in [0, 0.1) is 0 Å². The Kier molecular flexibility index (Phi) is 7.87. The summed E-state index contributed by atoms with van der Waals surface area (Å²) in [7, 11) is 0. The van der Waals surface area contributed by atoms with E-state index >= 15 is 0 Å². The van der Waals surface area contributed by atoms with Crippen LogP contribution in [0.25, 0.3) is 0 Å². The summed E-state index contributed by atoms with van der Waals surface area (Å²) in [4.78, 5) is 13.9. The zero-order valence-corrected chi connectivity index (χ0v) is 19.1. The van der Waals surface area contributed by atoms with Gasteiger partial charge in [0.1, 0.15) is 5.00 Å². The zero-order chi connectivity index (χ0) is 19.9. The molecule has 0 spiro atoms. The van der Waals surface area contributed by atoms with Crippen LogP contribution in [0.3, 0.4) is 0 Å². The number of fused-ring (bicyclic) bond motifs is 1. The van der Waals surface area contributed by atoms with E-state index in [2.05, 4.69) is 31.7 Å². The molecule has 28 heavy (non-hydrogen) atoms. The SMILES string of the molecule is CCOC(=O)c1c(NC(=S)NCCCn2cc(Br)cn2)sc2c1CCCCC2. The number of carbonyl (C=O) groups is 1. The Morgan fingerprint density at radius 3 is 2.96 bits per heavy atom. The van der Waals surface area contributed by atoms with Crippen molar-refractivity contribution < 1.29 is 9.53 Å². The number of hydrogen-bond acceptors (Lipinski definition) is 5. The highest BCUT2D eigenvalue weighted by atomic mass is 79.9. The number of anilines is 1. The van der Waals surface area contributed by atoms with Gasteiger partial charge in [-0.05, 0) is 72.7 Å². The van der Waals surface area contributed by atoms with Crippen molar-refractivity contribution in [3.05, 3.63) is 32.9 Å². The number of thiophene rings is 1. The normalized spacial score (nSPS) is 13.5. The summed E-state index contributed by atoms with van der Waals surface area (Å²) in [5.74, 6) is -0.253. The summed E-state index contributed by atoms with van der Waals surface area (Å²) < 4.78 is 8.18. The van der Waals surface area contributed by atoms with Crippen LogP contribution in [0.1, 0.15) is 53.4 Å². The lowest BCUT2D eigenvalue weighted by atomic mass is 10.1. The molecule has 0 aliphatic heterocycles. The average Bonchev–Trinajstić information content (AvgIpc) is 3.14. The second kappa shape index (κ2) is 10.4. The number of esters is 1. The van der Waals surface area contributed by atoms with Crippen LogP contribution in [0.2, 0.25) is 0 Å². The number of carbonyl (C=O) groups excluding carboxylic acids is 1. The lowest BCUT2D eigenvalue weighted by Crippen LogP contribution is -2.30. The highest BCUT2D eigenvalue weighted by Crippen LogP contribution is 2.38. The molecule has 0 unspecified atom stereocenters. The molecule has 2 heterocycles.